The molecule has 0 atom stereocenters. The number of aryl methyl sites for hydroxylation is 1. The first-order chi connectivity index (χ1) is 9.65. The summed E-state index contributed by atoms with van der Waals surface area (Å²) >= 11 is 0. The van der Waals surface area contributed by atoms with E-state index in [1.165, 1.54) is 0 Å². The lowest BCUT2D eigenvalue weighted by molar-refractivity contribution is 0.579. The van der Waals surface area contributed by atoms with Gasteiger partial charge in [0.2, 0.25) is 10.0 Å². The monoisotopic (exact) mass is 296 g/mol. The highest BCUT2D eigenvalue weighted by molar-refractivity contribution is 7.92. The first kappa shape index (κ1) is 15.3. The number of rotatable bonds is 7. The molecule has 0 radical (unpaired) electrons. The van der Waals surface area contributed by atoms with E-state index in [0.29, 0.717) is 13.0 Å². The molecule has 112 valence electrons. The SMILES string of the molecule is CCNCCCCS(=O)(=O)N1CCCc2ccccc21. The second-order valence-electron chi connectivity index (χ2n) is 5.18. The second kappa shape index (κ2) is 7.09. The van der Waals surface area contributed by atoms with Gasteiger partial charge in [-0.3, -0.25) is 4.31 Å². The van der Waals surface area contributed by atoms with E-state index in [2.05, 4.69) is 12.2 Å². The molecule has 1 N–H and O–H groups in total. The van der Waals surface area contributed by atoms with E-state index in [4.69, 9.17) is 0 Å². The smallest absolute Gasteiger partial charge is 0.235 e. The van der Waals surface area contributed by atoms with E-state index in [9.17, 15) is 8.42 Å². The Balaban J connectivity index is 2.00. The van der Waals surface area contributed by atoms with E-state index >= 15 is 0 Å². The molecule has 0 aromatic heterocycles. The molecule has 0 bridgehead atoms. The summed E-state index contributed by atoms with van der Waals surface area (Å²) in [7, 11) is -3.18. The van der Waals surface area contributed by atoms with Crippen molar-refractivity contribution in [3.8, 4) is 0 Å². The van der Waals surface area contributed by atoms with Crippen LogP contribution in [0.25, 0.3) is 0 Å². The third-order valence-corrected chi connectivity index (χ3v) is 5.51. The van der Waals surface area contributed by atoms with Crippen molar-refractivity contribution in [1.29, 1.82) is 0 Å². The zero-order valence-electron chi connectivity index (χ0n) is 12.1. The number of unbranched alkanes of at least 4 members (excludes halogenated alkanes) is 1. The minimum absolute atomic E-state index is 0.243. The Morgan fingerprint density at radius 1 is 1.25 bits per heavy atom. The molecule has 0 amide bonds. The van der Waals surface area contributed by atoms with Crippen LogP contribution in [0, 0.1) is 0 Å². The predicted octanol–water partition coefficient (Wildman–Crippen LogP) is 2.16. The maximum absolute atomic E-state index is 12.5. The number of nitrogens with one attached hydrogen (secondary N) is 1. The van der Waals surface area contributed by atoms with Crippen LogP contribution in [0.3, 0.4) is 0 Å². The van der Waals surface area contributed by atoms with Gasteiger partial charge in [-0.25, -0.2) is 8.42 Å². The maximum Gasteiger partial charge on any atom is 0.235 e. The molecule has 1 aromatic carbocycles. The fourth-order valence-corrected chi connectivity index (χ4v) is 4.28. The number of nitrogens with zero attached hydrogens (tertiary/aromatic N) is 1. The third-order valence-electron chi connectivity index (χ3n) is 3.66. The molecule has 4 nitrogen and oxygen atoms in total. The average molecular weight is 296 g/mol. The second-order valence-corrected chi connectivity index (χ2v) is 7.19. The molecule has 1 aromatic rings. The zero-order chi connectivity index (χ0) is 14.4. The highest BCUT2D eigenvalue weighted by Gasteiger charge is 2.26. The maximum atomic E-state index is 12.5. The molecule has 0 aliphatic carbocycles. The van der Waals surface area contributed by atoms with E-state index in [1.54, 1.807) is 4.31 Å². The summed E-state index contributed by atoms with van der Waals surface area (Å²) in [6.45, 7) is 4.50. The summed E-state index contributed by atoms with van der Waals surface area (Å²) in [5.74, 6) is 0.243. The van der Waals surface area contributed by atoms with Crippen LogP contribution in [0.1, 0.15) is 31.7 Å². The summed E-state index contributed by atoms with van der Waals surface area (Å²) in [6.07, 6.45) is 3.51. The molecular weight excluding hydrogens is 272 g/mol. The summed E-state index contributed by atoms with van der Waals surface area (Å²) in [5.41, 5.74) is 2.03. The van der Waals surface area contributed by atoms with Crippen LogP contribution in [0.5, 0.6) is 0 Å². The summed E-state index contributed by atoms with van der Waals surface area (Å²) < 4.78 is 26.6. The number of fused-ring (bicyclic) bond motifs is 1. The van der Waals surface area contributed by atoms with Crippen molar-refractivity contribution in [2.75, 3.05) is 29.7 Å². The van der Waals surface area contributed by atoms with Crippen molar-refractivity contribution in [1.82, 2.24) is 5.32 Å². The number of hydrogen-bond donors (Lipinski definition) is 1. The van der Waals surface area contributed by atoms with E-state index in [0.717, 1.165) is 43.6 Å². The molecule has 0 saturated heterocycles. The highest BCUT2D eigenvalue weighted by Crippen LogP contribution is 2.29. The van der Waals surface area contributed by atoms with Gasteiger partial charge in [-0.2, -0.15) is 0 Å². The van der Waals surface area contributed by atoms with Crippen LogP contribution in [0.4, 0.5) is 5.69 Å². The van der Waals surface area contributed by atoms with Gasteiger partial charge >= 0.3 is 0 Å². The minimum Gasteiger partial charge on any atom is -0.317 e. The molecular formula is C15H24N2O2S. The van der Waals surface area contributed by atoms with Gasteiger partial charge in [0.25, 0.3) is 0 Å². The number of sulfonamides is 1. The molecule has 1 aliphatic heterocycles. The number of hydrogen-bond acceptors (Lipinski definition) is 3. The highest BCUT2D eigenvalue weighted by atomic mass is 32.2. The first-order valence-electron chi connectivity index (χ1n) is 7.44. The Kier molecular flexibility index (Phi) is 5.43. The van der Waals surface area contributed by atoms with E-state index in [1.807, 2.05) is 24.3 Å². The summed E-state index contributed by atoms with van der Waals surface area (Å²) in [5, 5.41) is 3.22. The van der Waals surface area contributed by atoms with Gasteiger partial charge in [-0.15, -0.1) is 0 Å². The lowest BCUT2D eigenvalue weighted by atomic mass is 10.0. The Hall–Kier alpha value is -1.07. The molecule has 0 spiro atoms. The average Bonchev–Trinajstić information content (AvgIpc) is 2.46. The number of anilines is 1. The predicted molar refractivity (Wildman–Crippen MR) is 83.7 cm³/mol. The van der Waals surface area contributed by atoms with Crippen LogP contribution in [-0.2, 0) is 16.4 Å². The fourth-order valence-electron chi connectivity index (χ4n) is 2.61. The standard InChI is InChI=1S/C15H24N2O2S/c1-2-16-11-5-6-13-20(18,19)17-12-7-9-14-8-3-4-10-15(14)17/h3-4,8,10,16H,2,5-7,9,11-13H2,1H3. The number of benzene rings is 1. The Labute approximate surface area is 122 Å². The number of para-hydroxylation sites is 1. The van der Waals surface area contributed by atoms with Gasteiger partial charge in [0.15, 0.2) is 0 Å². The Bertz CT molecular complexity index is 528. The van der Waals surface area contributed by atoms with Crippen molar-refractivity contribution in [2.45, 2.75) is 32.6 Å². The van der Waals surface area contributed by atoms with Crippen molar-refractivity contribution in [3.05, 3.63) is 29.8 Å². The van der Waals surface area contributed by atoms with Crippen molar-refractivity contribution < 1.29 is 8.42 Å². The first-order valence-corrected chi connectivity index (χ1v) is 9.05. The molecule has 5 heteroatoms. The van der Waals surface area contributed by atoms with Gasteiger partial charge in [0, 0.05) is 6.54 Å². The Morgan fingerprint density at radius 2 is 2.05 bits per heavy atom. The minimum atomic E-state index is -3.18. The third kappa shape index (κ3) is 3.73. The zero-order valence-corrected chi connectivity index (χ0v) is 13.0. The van der Waals surface area contributed by atoms with Gasteiger partial charge in [0.05, 0.1) is 11.4 Å². The molecule has 0 fully saturated rings. The van der Waals surface area contributed by atoms with Crippen molar-refractivity contribution >= 4 is 15.7 Å². The molecule has 1 aliphatic rings. The van der Waals surface area contributed by atoms with E-state index in [-0.39, 0.29) is 5.75 Å². The van der Waals surface area contributed by atoms with Gasteiger partial charge < -0.3 is 5.32 Å². The van der Waals surface area contributed by atoms with Gasteiger partial charge in [-0.1, -0.05) is 25.1 Å². The quantitative estimate of drug-likeness (QED) is 0.784. The van der Waals surface area contributed by atoms with Gasteiger partial charge in [-0.05, 0) is 50.4 Å². The topological polar surface area (TPSA) is 49.4 Å². The van der Waals surface area contributed by atoms with Crippen molar-refractivity contribution in [3.63, 3.8) is 0 Å². The van der Waals surface area contributed by atoms with Crippen LogP contribution in [-0.4, -0.2) is 33.8 Å². The molecule has 2 rings (SSSR count). The molecule has 0 unspecified atom stereocenters. The van der Waals surface area contributed by atoms with Crippen LogP contribution < -0.4 is 9.62 Å². The summed E-state index contributed by atoms with van der Waals surface area (Å²) in [6, 6.07) is 7.84. The normalized spacial score (nSPS) is 15.2. The van der Waals surface area contributed by atoms with Crippen LogP contribution in [0.15, 0.2) is 24.3 Å². The molecule has 1 heterocycles. The Morgan fingerprint density at radius 3 is 2.85 bits per heavy atom. The van der Waals surface area contributed by atoms with Crippen LogP contribution >= 0.6 is 0 Å². The van der Waals surface area contributed by atoms with Crippen LogP contribution in [0.2, 0.25) is 0 Å². The molecule has 20 heavy (non-hydrogen) atoms. The molecule has 0 saturated carbocycles. The lowest BCUT2D eigenvalue weighted by Crippen LogP contribution is -2.37. The summed E-state index contributed by atoms with van der Waals surface area (Å²) in [4.78, 5) is 0. The van der Waals surface area contributed by atoms with E-state index < -0.39 is 10.0 Å². The fraction of sp³-hybridized carbons (Fsp3) is 0.600. The lowest BCUT2D eigenvalue weighted by Gasteiger charge is -2.30. The van der Waals surface area contributed by atoms with Gasteiger partial charge in [0.1, 0.15) is 0 Å². The largest absolute Gasteiger partial charge is 0.317 e. The van der Waals surface area contributed by atoms with Crippen molar-refractivity contribution in [2.24, 2.45) is 0 Å².